The Labute approximate surface area is 114 Å². The summed E-state index contributed by atoms with van der Waals surface area (Å²) in [5.41, 5.74) is 3.39. The predicted molar refractivity (Wildman–Crippen MR) is 75.2 cm³/mol. The van der Waals surface area contributed by atoms with Crippen LogP contribution >= 0.6 is 0 Å². The van der Waals surface area contributed by atoms with Gasteiger partial charge in [-0.3, -0.25) is 4.90 Å². The van der Waals surface area contributed by atoms with Gasteiger partial charge in [0, 0.05) is 31.0 Å². The van der Waals surface area contributed by atoms with Crippen LogP contribution in [-0.4, -0.2) is 39.6 Å². The van der Waals surface area contributed by atoms with E-state index in [-0.39, 0.29) is 0 Å². The molecule has 4 nitrogen and oxygen atoms in total. The highest BCUT2D eigenvalue weighted by molar-refractivity contribution is 5.41. The van der Waals surface area contributed by atoms with E-state index in [0.717, 1.165) is 31.0 Å². The van der Waals surface area contributed by atoms with Crippen molar-refractivity contribution in [3.8, 4) is 0 Å². The molecule has 0 unspecified atom stereocenters. The molecule has 2 aromatic heterocycles. The molecular weight excluding hydrogens is 238 g/mol. The first kappa shape index (κ1) is 12.6. The lowest BCUT2D eigenvalue weighted by atomic mass is 10.2. The molecule has 3 rings (SSSR count). The Kier molecular flexibility index (Phi) is 3.29. The van der Waals surface area contributed by atoms with E-state index in [1.54, 1.807) is 0 Å². The average Bonchev–Trinajstić information content (AvgIpc) is 2.78. The average molecular weight is 259 g/mol. The lowest BCUT2D eigenvalue weighted by Gasteiger charge is -2.36. The summed E-state index contributed by atoms with van der Waals surface area (Å²) < 4.78 is 7.83. The van der Waals surface area contributed by atoms with E-state index in [2.05, 4.69) is 54.5 Å². The highest BCUT2D eigenvalue weighted by Crippen LogP contribution is 2.16. The molecule has 1 saturated heterocycles. The lowest BCUT2D eigenvalue weighted by Crippen LogP contribution is -2.46. The minimum Gasteiger partial charge on any atom is -0.376 e. The SMILES string of the molecule is Cc1cccc2nc(CN3C[C@@H](C)OC[C@@H]3C)cn12. The van der Waals surface area contributed by atoms with Crippen LogP contribution in [0.2, 0.25) is 0 Å². The maximum Gasteiger partial charge on any atom is 0.137 e. The zero-order chi connectivity index (χ0) is 13.4. The molecule has 102 valence electrons. The number of aromatic nitrogens is 2. The van der Waals surface area contributed by atoms with Crippen molar-refractivity contribution in [3.63, 3.8) is 0 Å². The molecule has 4 heteroatoms. The molecule has 19 heavy (non-hydrogen) atoms. The largest absolute Gasteiger partial charge is 0.376 e. The van der Waals surface area contributed by atoms with Gasteiger partial charge in [-0.25, -0.2) is 4.98 Å². The van der Waals surface area contributed by atoms with Crippen molar-refractivity contribution in [3.05, 3.63) is 35.8 Å². The van der Waals surface area contributed by atoms with Crippen LogP contribution in [0, 0.1) is 6.92 Å². The molecule has 2 atom stereocenters. The summed E-state index contributed by atoms with van der Waals surface area (Å²) in [5.74, 6) is 0. The molecule has 0 aromatic carbocycles. The Balaban J connectivity index is 1.83. The quantitative estimate of drug-likeness (QED) is 0.828. The van der Waals surface area contributed by atoms with E-state index in [1.165, 1.54) is 5.69 Å². The summed E-state index contributed by atoms with van der Waals surface area (Å²) in [7, 11) is 0. The summed E-state index contributed by atoms with van der Waals surface area (Å²) in [4.78, 5) is 7.16. The van der Waals surface area contributed by atoms with Gasteiger partial charge in [-0.2, -0.15) is 0 Å². The molecule has 0 spiro atoms. The van der Waals surface area contributed by atoms with E-state index in [1.807, 2.05) is 0 Å². The Bertz CT molecular complexity index is 578. The molecule has 1 fully saturated rings. The third-order valence-electron chi connectivity index (χ3n) is 3.85. The van der Waals surface area contributed by atoms with E-state index < -0.39 is 0 Å². The number of hydrogen-bond donors (Lipinski definition) is 0. The minimum atomic E-state index is 0.315. The molecule has 0 aliphatic carbocycles. The van der Waals surface area contributed by atoms with Crippen molar-refractivity contribution >= 4 is 5.65 Å². The van der Waals surface area contributed by atoms with E-state index in [4.69, 9.17) is 9.72 Å². The maximum atomic E-state index is 5.67. The third kappa shape index (κ3) is 2.51. The second-order valence-electron chi connectivity index (χ2n) is 5.55. The molecule has 0 N–H and O–H groups in total. The zero-order valence-corrected chi connectivity index (χ0v) is 11.8. The highest BCUT2D eigenvalue weighted by Gasteiger charge is 2.24. The van der Waals surface area contributed by atoms with Gasteiger partial charge in [0.15, 0.2) is 0 Å². The second kappa shape index (κ2) is 4.94. The van der Waals surface area contributed by atoms with Crippen LogP contribution in [0.1, 0.15) is 25.2 Å². The van der Waals surface area contributed by atoms with Gasteiger partial charge in [0.25, 0.3) is 0 Å². The van der Waals surface area contributed by atoms with Gasteiger partial charge < -0.3 is 9.14 Å². The number of hydrogen-bond acceptors (Lipinski definition) is 3. The first-order chi connectivity index (χ1) is 9.13. The van der Waals surface area contributed by atoms with E-state index >= 15 is 0 Å². The monoisotopic (exact) mass is 259 g/mol. The maximum absolute atomic E-state index is 5.67. The fourth-order valence-corrected chi connectivity index (χ4v) is 2.68. The Morgan fingerprint density at radius 1 is 1.37 bits per heavy atom. The standard InChI is InChI=1S/C15H21N3O/c1-11-5-4-6-15-16-14(9-18(11)15)8-17-7-13(3)19-10-12(17)2/h4-6,9,12-13H,7-8,10H2,1-3H3/t12-,13+/m0/s1. The Morgan fingerprint density at radius 2 is 2.21 bits per heavy atom. The number of imidazole rings is 1. The molecule has 0 saturated carbocycles. The van der Waals surface area contributed by atoms with Crippen LogP contribution in [0.5, 0.6) is 0 Å². The van der Waals surface area contributed by atoms with Crippen LogP contribution in [0.4, 0.5) is 0 Å². The number of nitrogens with zero attached hydrogens (tertiary/aromatic N) is 3. The van der Waals surface area contributed by atoms with E-state index in [0.29, 0.717) is 12.1 Å². The van der Waals surface area contributed by atoms with Crippen LogP contribution in [0.15, 0.2) is 24.4 Å². The van der Waals surface area contributed by atoms with Crippen molar-refractivity contribution in [2.45, 2.75) is 39.5 Å². The van der Waals surface area contributed by atoms with Crippen molar-refractivity contribution in [2.24, 2.45) is 0 Å². The molecule has 1 aliphatic rings. The third-order valence-corrected chi connectivity index (χ3v) is 3.85. The topological polar surface area (TPSA) is 29.8 Å². The van der Waals surface area contributed by atoms with Crippen molar-refractivity contribution in [1.82, 2.24) is 14.3 Å². The molecule has 0 bridgehead atoms. The normalized spacial score (nSPS) is 25.0. The lowest BCUT2D eigenvalue weighted by molar-refractivity contribution is -0.0530. The number of aryl methyl sites for hydroxylation is 1. The van der Waals surface area contributed by atoms with Gasteiger partial charge in [0.1, 0.15) is 5.65 Å². The second-order valence-corrected chi connectivity index (χ2v) is 5.55. The van der Waals surface area contributed by atoms with Gasteiger partial charge in [-0.1, -0.05) is 6.07 Å². The number of rotatable bonds is 2. The molecule has 0 amide bonds. The summed E-state index contributed by atoms with van der Waals surface area (Å²) in [5, 5.41) is 0. The molecule has 3 heterocycles. The Morgan fingerprint density at radius 3 is 3.00 bits per heavy atom. The predicted octanol–water partition coefficient (Wildman–Crippen LogP) is 2.25. The Hall–Kier alpha value is -1.39. The molecular formula is C15H21N3O. The van der Waals surface area contributed by atoms with Crippen molar-refractivity contribution in [2.75, 3.05) is 13.2 Å². The van der Waals surface area contributed by atoms with Gasteiger partial charge in [-0.05, 0) is 32.9 Å². The fourth-order valence-electron chi connectivity index (χ4n) is 2.68. The van der Waals surface area contributed by atoms with Crippen molar-refractivity contribution < 1.29 is 4.74 Å². The van der Waals surface area contributed by atoms with Crippen LogP contribution in [0.3, 0.4) is 0 Å². The smallest absolute Gasteiger partial charge is 0.137 e. The van der Waals surface area contributed by atoms with Gasteiger partial charge in [-0.15, -0.1) is 0 Å². The fraction of sp³-hybridized carbons (Fsp3) is 0.533. The van der Waals surface area contributed by atoms with Crippen molar-refractivity contribution in [1.29, 1.82) is 0 Å². The number of ether oxygens (including phenoxy) is 1. The van der Waals surface area contributed by atoms with E-state index in [9.17, 15) is 0 Å². The first-order valence-corrected chi connectivity index (χ1v) is 6.93. The van der Waals surface area contributed by atoms with Crippen LogP contribution in [0.25, 0.3) is 5.65 Å². The first-order valence-electron chi connectivity index (χ1n) is 6.93. The van der Waals surface area contributed by atoms with Gasteiger partial charge in [0.05, 0.1) is 18.4 Å². The number of morpholine rings is 1. The molecule has 1 aliphatic heterocycles. The summed E-state index contributed by atoms with van der Waals surface area (Å²) in [6.45, 7) is 9.15. The summed E-state index contributed by atoms with van der Waals surface area (Å²) in [6.07, 6.45) is 2.47. The highest BCUT2D eigenvalue weighted by atomic mass is 16.5. The zero-order valence-electron chi connectivity index (χ0n) is 11.8. The minimum absolute atomic E-state index is 0.315. The van der Waals surface area contributed by atoms with Gasteiger partial charge >= 0.3 is 0 Å². The number of pyridine rings is 1. The van der Waals surface area contributed by atoms with Crippen LogP contribution in [-0.2, 0) is 11.3 Å². The molecule has 0 radical (unpaired) electrons. The number of fused-ring (bicyclic) bond motifs is 1. The van der Waals surface area contributed by atoms with Crippen LogP contribution < -0.4 is 0 Å². The summed E-state index contributed by atoms with van der Waals surface area (Å²) >= 11 is 0. The molecule has 2 aromatic rings. The summed E-state index contributed by atoms with van der Waals surface area (Å²) in [6, 6.07) is 6.68. The van der Waals surface area contributed by atoms with Gasteiger partial charge in [0.2, 0.25) is 0 Å².